The molecule has 1 fully saturated rings. The molecule has 5 rings (SSSR count). The van der Waals surface area contributed by atoms with Gasteiger partial charge in [-0.1, -0.05) is 75.4 Å². The minimum atomic E-state index is 0.236. The summed E-state index contributed by atoms with van der Waals surface area (Å²) < 4.78 is 2.39. The Morgan fingerprint density at radius 1 is 0.710 bits per heavy atom. The smallest absolute Gasteiger partial charge is 0.0531 e. The highest BCUT2D eigenvalue weighted by Gasteiger charge is 2.59. The highest BCUT2D eigenvalue weighted by Crippen LogP contribution is 2.65. The van der Waals surface area contributed by atoms with Gasteiger partial charge in [0.05, 0.1) is 11.4 Å². The van der Waals surface area contributed by atoms with Gasteiger partial charge >= 0.3 is 0 Å². The molecule has 1 aliphatic carbocycles. The van der Waals surface area contributed by atoms with Gasteiger partial charge in [-0.15, -0.1) is 0 Å². The van der Waals surface area contributed by atoms with Gasteiger partial charge in [0.15, 0.2) is 0 Å². The van der Waals surface area contributed by atoms with Crippen LogP contribution in [0.2, 0.25) is 0 Å². The van der Waals surface area contributed by atoms with Crippen LogP contribution in [0.5, 0.6) is 0 Å². The van der Waals surface area contributed by atoms with Gasteiger partial charge in [-0.3, -0.25) is 0 Å². The number of aryl methyl sites for hydroxylation is 2. The van der Waals surface area contributed by atoms with Crippen molar-refractivity contribution in [3.63, 3.8) is 0 Å². The zero-order chi connectivity index (χ0) is 21.8. The van der Waals surface area contributed by atoms with Crippen molar-refractivity contribution in [3.8, 4) is 28.1 Å². The SMILES string of the molecule is Cc1cc(-c2ccccc2)cc(C)c1-n1cccc1-c1ccccc1C1(C)CC1(C)C. The molecule has 0 saturated heterocycles. The molecule has 0 N–H and O–H groups in total. The molecule has 1 saturated carbocycles. The Kier molecular flexibility index (Phi) is 4.48. The summed E-state index contributed by atoms with van der Waals surface area (Å²) in [6.45, 7) is 11.7. The van der Waals surface area contributed by atoms with Gasteiger partial charge in [-0.2, -0.15) is 0 Å². The molecule has 0 spiro atoms. The Morgan fingerprint density at radius 2 is 1.32 bits per heavy atom. The minimum absolute atomic E-state index is 0.236. The number of hydrogen-bond donors (Lipinski definition) is 0. The van der Waals surface area contributed by atoms with E-state index >= 15 is 0 Å². The largest absolute Gasteiger partial charge is 0.316 e. The number of aromatic nitrogens is 1. The Balaban J connectivity index is 1.64. The molecular weight excluding hydrogens is 374 g/mol. The molecule has 1 nitrogen and oxygen atoms in total. The number of rotatable bonds is 4. The average Bonchev–Trinajstić information content (AvgIpc) is 3.06. The fourth-order valence-corrected chi connectivity index (χ4v) is 5.42. The van der Waals surface area contributed by atoms with Crippen molar-refractivity contribution in [1.29, 1.82) is 0 Å². The average molecular weight is 406 g/mol. The quantitative estimate of drug-likeness (QED) is 0.323. The number of hydrogen-bond acceptors (Lipinski definition) is 0. The zero-order valence-corrected chi connectivity index (χ0v) is 19.2. The van der Waals surface area contributed by atoms with Crippen LogP contribution in [0.15, 0.2) is 85.1 Å². The molecule has 1 heterocycles. The van der Waals surface area contributed by atoms with E-state index in [2.05, 4.69) is 124 Å². The topological polar surface area (TPSA) is 4.93 Å². The highest BCUT2D eigenvalue weighted by molar-refractivity contribution is 5.73. The van der Waals surface area contributed by atoms with Crippen molar-refractivity contribution in [2.45, 2.75) is 46.5 Å². The lowest BCUT2D eigenvalue weighted by Crippen LogP contribution is -2.12. The lowest BCUT2D eigenvalue weighted by molar-refractivity contribution is 0.529. The molecule has 156 valence electrons. The Labute approximate surface area is 186 Å². The second-order valence-corrected chi connectivity index (χ2v) is 10.0. The predicted octanol–water partition coefficient (Wildman–Crippen LogP) is 8.12. The summed E-state index contributed by atoms with van der Waals surface area (Å²) >= 11 is 0. The third kappa shape index (κ3) is 3.15. The molecule has 1 aliphatic rings. The fraction of sp³-hybridized carbons (Fsp3) is 0.267. The summed E-state index contributed by atoms with van der Waals surface area (Å²) in [7, 11) is 0. The lowest BCUT2D eigenvalue weighted by Gasteiger charge is -2.22. The molecule has 0 bridgehead atoms. The molecule has 4 aromatic rings. The van der Waals surface area contributed by atoms with E-state index in [1.54, 1.807) is 0 Å². The summed E-state index contributed by atoms with van der Waals surface area (Å²) in [5, 5.41) is 0. The number of benzene rings is 3. The van der Waals surface area contributed by atoms with Crippen molar-refractivity contribution < 1.29 is 0 Å². The van der Waals surface area contributed by atoms with E-state index in [4.69, 9.17) is 0 Å². The third-order valence-electron chi connectivity index (χ3n) is 7.55. The molecule has 0 aliphatic heterocycles. The minimum Gasteiger partial charge on any atom is -0.316 e. The Bertz CT molecular complexity index is 1240. The first kappa shape index (κ1) is 19.9. The molecule has 31 heavy (non-hydrogen) atoms. The van der Waals surface area contributed by atoms with Crippen LogP contribution in [0.1, 0.15) is 43.9 Å². The van der Waals surface area contributed by atoms with E-state index in [1.165, 1.54) is 51.2 Å². The van der Waals surface area contributed by atoms with Crippen LogP contribution in [0.25, 0.3) is 28.1 Å². The number of nitrogens with zero attached hydrogens (tertiary/aromatic N) is 1. The van der Waals surface area contributed by atoms with Gasteiger partial charge in [-0.05, 0) is 83.2 Å². The van der Waals surface area contributed by atoms with Gasteiger partial charge in [-0.25, -0.2) is 0 Å². The molecule has 3 aromatic carbocycles. The summed E-state index contributed by atoms with van der Waals surface area (Å²) in [4.78, 5) is 0. The van der Waals surface area contributed by atoms with Crippen LogP contribution in [0.4, 0.5) is 0 Å². The van der Waals surface area contributed by atoms with Gasteiger partial charge in [0.1, 0.15) is 0 Å². The van der Waals surface area contributed by atoms with Crippen molar-refractivity contribution >= 4 is 0 Å². The molecule has 0 radical (unpaired) electrons. The van der Waals surface area contributed by atoms with Crippen molar-refractivity contribution in [2.75, 3.05) is 0 Å². The highest BCUT2D eigenvalue weighted by atomic mass is 15.0. The van der Waals surface area contributed by atoms with E-state index in [0.717, 1.165) is 0 Å². The summed E-state index contributed by atoms with van der Waals surface area (Å²) in [5.74, 6) is 0. The van der Waals surface area contributed by atoms with Crippen LogP contribution in [-0.4, -0.2) is 4.57 Å². The van der Waals surface area contributed by atoms with Crippen LogP contribution >= 0.6 is 0 Å². The Morgan fingerprint density at radius 3 is 1.97 bits per heavy atom. The van der Waals surface area contributed by atoms with Gasteiger partial charge < -0.3 is 4.57 Å². The molecule has 1 aromatic heterocycles. The first-order valence-electron chi connectivity index (χ1n) is 11.3. The summed E-state index contributed by atoms with van der Waals surface area (Å²) in [6.07, 6.45) is 3.45. The monoisotopic (exact) mass is 405 g/mol. The molecule has 1 heteroatoms. The summed E-state index contributed by atoms with van der Waals surface area (Å²) in [5.41, 5.74) is 11.1. The van der Waals surface area contributed by atoms with Crippen molar-refractivity contribution in [1.82, 2.24) is 4.57 Å². The predicted molar refractivity (Wildman–Crippen MR) is 132 cm³/mol. The molecule has 1 atom stereocenters. The van der Waals surface area contributed by atoms with E-state index < -0.39 is 0 Å². The van der Waals surface area contributed by atoms with Crippen molar-refractivity contribution in [2.24, 2.45) is 5.41 Å². The van der Waals surface area contributed by atoms with Crippen LogP contribution in [0, 0.1) is 19.3 Å². The molecule has 0 amide bonds. The standard InChI is InChI=1S/C30H31N/c1-21-18-24(23-12-7-6-8-13-23)19-22(2)28(21)31-17-11-16-27(31)25-14-9-10-15-26(25)30(5)20-29(30,3)4/h6-19H,20H2,1-5H3. The first-order valence-corrected chi connectivity index (χ1v) is 11.3. The van der Waals surface area contributed by atoms with Crippen LogP contribution in [0.3, 0.4) is 0 Å². The lowest BCUT2D eigenvalue weighted by atomic mass is 9.85. The second kappa shape index (κ2) is 6.99. The van der Waals surface area contributed by atoms with E-state index in [-0.39, 0.29) is 5.41 Å². The maximum Gasteiger partial charge on any atom is 0.0531 e. The van der Waals surface area contributed by atoms with E-state index in [9.17, 15) is 0 Å². The third-order valence-corrected chi connectivity index (χ3v) is 7.55. The van der Waals surface area contributed by atoms with Crippen molar-refractivity contribution in [3.05, 3.63) is 102 Å². The molecular formula is C30H31N. The zero-order valence-electron chi connectivity index (χ0n) is 19.2. The van der Waals surface area contributed by atoms with E-state index in [0.29, 0.717) is 5.41 Å². The summed E-state index contributed by atoms with van der Waals surface area (Å²) in [6, 6.07) is 28.7. The van der Waals surface area contributed by atoms with Crippen LogP contribution in [-0.2, 0) is 5.41 Å². The maximum absolute atomic E-state index is 2.42. The molecule has 1 unspecified atom stereocenters. The maximum atomic E-state index is 2.42. The van der Waals surface area contributed by atoms with Gasteiger partial charge in [0, 0.05) is 11.8 Å². The Hall–Kier alpha value is -3.06. The van der Waals surface area contributed by atoms with E-state index in [1.807, 2.05) is 0 Å². The first-order chi connectivity index (χ1) is 14.8. The fourth-order valence-electron chi connectivity index (χ4n) is 5.42. The second-order valence-electron chi connectivity index (χ2n) is 10.0. The van der Waals surface area contributed by atoms with Gasteiger partial charge in [0.25, 0.3) is 0 Å². The normalized spacial score (nSPS) is 19.4. The van der Waals surface area contributed by atoms with Gasteiger partial charge in [0.2, 0.25) is 0 Å². The van der Waals surface area contributed by atoms with Crippen LogP contribution < -0.4 is 0 Å².